The highest BCUT2D eigenvalue weighted by atomic mass is 35.5. The molecule has 21 heavy (non-hydrogen) atoms. The Bertz CT molecular complexity index is 655. The van der Waals surface area contributed by atoms with Crippen LogP contribution >= 0.6 is 34.5 Å². The fourth-order valence-electron chi connectivity index (χ4n) is 1.75. The number of benzene rings is 1. The molecule has 110 valence electrons. The lowest BCUT2D eigenvalue weighted by molar-refractivity contribution is -0.121. The van der Waals surface area contributed by atoms with Gasteiger partial charge >= 0.3 is 0 Å². The first-order chi connectivity index (χ1) is 10.0. The van der Waals surface area contributed by atoms with Crippen LogP contribution < -0.4 is 5.32 Å². The van der Waals surface area contributed by atoms with Crippen LogP contribution in [0.25, 0.3) is 0 Å². The highest BCUT2D eigenvalue weighted by Gasteiger charge is 2.11. The third-order valence-corrected chi connectivity index (χ3v) is 4.31. The molecule has 1 heterocycles. The molecule has 0 unspecified atom stereocenters. The van der Waals surface area contributed by atoms with E-state index in [1.165, 1.54) is 11.3 Å². The van der Waals surface area contributed by atoms with E-state index in [2.05, 4.69) is 5.32 Å². The van der Waals surface area contributed by atoms with Crippen LogP contribution in [0.2, 0.25) is 9.36 Å². The largest absolute Gasteiger partial charge is 0.352 e. The second kappa shape index (κ2) is 7.59. The number of carbonyl (C=O) groups excluding carboxylic acids is 2. The second-order valence-electron chi connectivity index (χ2n) is 4.43. The molecule has 0 saturated carbocycles. The number of rotatable bonds is 6. The normalized spacial score (nSPS) is 10.4. The molecule has 6 heteroatoms. The van der Waals surface area contributed by atoms with Gasteiger partial charge in [0, 0.05) is 24.4 Å². The molecule has 1 N–H and O–H groups in total. The Morgan fingerprint density at radius 2 is 1.90 bits per heavy atom. The van der Waals surface area contributed by atoms with Crippen molar-refractivity contribution in [2.45, 2.75) is 19.4 Å². The first-order valence-corrected chi connectivity index (χ1v) is 7.91. The van der Waals surface area contributed by atoms with E-state index in [1.54, 1.807) is 24.3 Å². The first kappa shape index (κ1) is 16.0. The van der Waals surface area contributed by atoms with Crippen LogP contribution in [0.3, 0.4) is 0 Å². The highest BCUT2D eigenvalue weighted by Crippen LogP contribution is 2.22. The maximum absolute atomic E-state index is 11.8. The van der Waals surface area contributed by atoms with Crippen molar-refractivity contribution in [3.63, 3.8) is 0 Å². The van der Waals surface area contributed by atoms with Gasteiger partial charge in [-0.2, -0.15) is 0 Å². The topological polar surface area (TPSA) is 46.2 Å². The standard InChI is InChI=1S/C15H13Cl2NO2S/c16-11-3-1-2-10(8-11)9-18-15(20)7-4-12(19)13-5-6-14(17)21-13/h1-3,5-6,8H,4,7,9H2,(H,18,20). The van der Waals surface area contributed by atoms with E-state index in [-0.39, 0.29) is 24.5 Å². The maximum Gasteiger partial charge on any atom is 0.220 e. The van der Waals surface area contributed by atoms with E-state index in [0.29, 0.717) is 20.8 Å². The van der Waals surface area contributed by atoms with Crippen molar-refractivity contribution >= 4 is 46.2 Å². The number of Topliss-reactive ketones (excluding diaryl/α,β-unsaturated/α-hetero) is 1. The molecule has 0 spiro atoms. The Balaban J connectivity index is 1.76. The molecule has 0 aliphatic carbocycles. The summed E-state index contributed by atoms with van der Waals surface area (Å²) >= 11 is 12.9. The molecule has 2 aromatic rings. The summed E-state index contributed by atoms with van der Waals surface area (Å²) in [4.78, 5) is 24.1. The average molecular weight is 342 g/mol. The minimum absolute atomic E-state index is 0.0650. The molecule has 2 rings (SSSR count). The molecule has 1 amide bonds. The number of amides is 1. The van der Waals surface area contributed by atoms with Crippen LogP contribution in [0, 0.1) is 0 Å². The summed E-state index contributed by atoms with van der Waals surface area (Å²) in [5.74, 6) is -0.226. The number of halogens is 2. The SMILES string of the molecule is O=C(CCC(=O)c1ccc(Cl)s1)NCc1cccc(Cl)c1. The summed E-state index contributed by atoms with van der Waals surface area (Å²) in [7, 11) is 0. The van der Waals surface area contributed by atoms with E-state index in [0.717, 1.165) is 5.56 Å². The second-order valence-corrected chi connectivity index (χ2v) is 6.59. The van der Waals surface area contributed by atoms with E-state index in [4.69, 9.17) is 23.2 Å². The predicted octanol–water partition coefficient (Wildman–Crippen LogP) is 4.33. The van der Waals surface area contributed by atoms with Crippen LogP contribution in [0.1, 0.15) is 28.1 Å². The lowest BCUT2D eigenvalue weighted by atomic mass is 10.2. The van der Waals surface area contributed by atoms with Gasteiger partial charge in [0.1, 0.15) is 0 Å². The zero-order chi connectivity index (χ0) is 15.2. The molecule has 0 aliphatic heterocycles. The van der Waals surface area contributed by atoms with Gasteiger partial charge in [-0.25, -0.2) is 0 Å². The molecule has 3 nitrogen and oxygen atoms in total. The lowest BCUT2D eigenvalue weighted by Crippen LogP contribution is -2.23. The van der Waals surface area contributed by atoms with Crippen molar-refractivity contribution in [3.8, 4) is 0 Å². The molecule has 0 bridgehead atoms. The van der Waals surface area contributed by atoms with Gasteiger partial charge in [-0.05, 0) is 29.8 Å². The molecule has 1 aromatic carbocycles. The Hall–Kier alpha value is -1.36. The summed E-state index contributed by atoms with van der Waals surface area (Å²) in [6, 6.07) is 10.6. The molecule has 0 saturated heterocycles. The molecule has 1 aromatic heterocycles. The van der Waals surface area contributed by atoms with Gasteiger partial charge in [0.2, 0.25) is 5.91 Å². The summed E-state index contributed by atoms with van der Waals surface area (Å²) in [6.45, 7) is 0.401. The van der Waals surface area contributed by atoms with Crippen molar-refractivity contribution in [3.05, 3.63) is 56.2 Å². The first-order valence-electron chi connectivity index (χ1n) is 6.34. The number of nitrogens with one attached hydrogen (secondary N) is 1. The van der Waals surface area contributed by atoms with E-state index in [1.807, 2.05) is 12.1 Å². The van der Waals surface area contributed by atoms with Gasteiger partial charge in [-0.1, -0.05) is 35.3 Å². The number of ketones is 1. The van der Waals surface area contributed by atoms with E-state index in [9.17, 15) is 9.59 Å². The number of hydrogen-bond acceptors (Lipinski definition) is 3. The molecule has 0 atom stereocenters. The van der Waals surface area contributed by atoms with Crippen LogP contribution in [-0.4, -0.2) is 11.7 Å². The van der Waals surface area contributed by atoms with E-state index < -0.39 is 0 Å². The highest BCUT2D eigenvalue weighted by molar-refractivity contribution is 7.18. The van der Waals surface area contributed by atoms with Gasteiger partial charge < -0.3 is 5.32 Å². The summed E-state index contributed by atoms with van der Waals surface area (Å²) in [5, 5.41) is 3.40. The monoisotopic (exact) mass is 341 g/mol. The average Bonchev–Trinajstić information content (AvgIpc) is 2.89. The Labute approximate surface area is 136 Å². The molecule has 0 aliphatic rings. The predicted molar refractivity (Wildman–Crippen MR) is 86.2 cm³/mol. The van der Waals surface area contributed by atoms with Gasteiger partial charge in [-0.15, -0.1) is 11.3 Å². The zero-order valence-corrected chi connectivity index (χ0v) is 13.4. The Kier molecular flexibility index (Phi) is 5.79. The van der Waals surface area contributed by atoms with Crippen molar-refractivity contribution in [2.75, 3.05) is 0 Å². The van der Waals surface area contributed by atoms with Crippen molar-refractivity contribution in [1.82, 2.24) is 5.32 Å². The molecular weight excluding hydrogens is 329 g/mol. The van der Waals surface area contributed by atoms with Gasteiger partial charge in [0.25, 0.3) is 0 Å². The minimum atomic E-state index is -0.161. The van der Waals surface area contributed by atoms with Crippen molar-refractivity contribution in [2.24, 2.45) is 0 Å². The quantitative estimate of drug-likeness (QED) is 0.794. The number of carbonyl (C=O) groups is 2. The minimum Gasteiger partial charge on any atom is -0.352 e. The van der Waals surface area contributed by atoms with Gasteiger partial charge in [0.15, 0.2) is 5.78 Å². The third-order valence-electron chi connectivity index (χ3n) is 2.81. The molecular formula is C15H13Cl2NO2S. The smallest absolute Gasteiger partial charge is 0.220 e. The maximum atomic E-state index is 11.8. The zero-order valence-electron chi connectivity index (χ0n) is 11.1. The van der Waals surface area contributed by atoms with Gasteiger partial charge in [0.05, 0.1) is 9.21 Å². The summed E-state index contributed by atoms with van der Waals surface area (Å²) < 4.78 is 0.573. The van der Waals surface area contributed by atoms with Crippen LogP contribution in [0.5, 0.6) is 0 Å². The van der Waals surface area contributed by atoms with Gasteiger partial charge in [-0.3, -0.25) is 9.59 Å². The van der Waals surface area contributed by atoms with Crippen molar-refractivity contribution < 1.29 is 9.59 Å². The Morgan fingerprint density at radius 1 is 1.10 bits per heavy atom. The van der Waals surface area contributed by atoms with Crippen molar-refractivity contribution in [1.29, 1.82) is 0 Å². The molecule has 0 fully saturated rings. The summed E-state index contributed by atoms with van der Waals surface area (Å²) in [5.41, 5.74) is 0.923. The number of hydrogen-bond donors (Lipinski definition) is 1. The lowest BCUT2D eigenvalue weighted by Gasteiger charge is -2.05. The van der Waals surface area contributed by atoms with Crippen LogP contribution in [0.4, 0.5) is 0 Å². The van der Waals surface area contributed by atoms with Crippen LogP contribution in [-0.2, 0) is 11.3 Å². The summed E-state index contributed by atoms with van der Waals surface area (Å²) in [6.07, 6.45) is 0.340. The van der Waals surface area contributed by atoms with E-state index >= 15 is 0 Å². The number of thiophene rings is 1. The Morgan fingerprint density at radius 3 is 2.57 bits per heavy atom. The third kappa shape index (κ3) is 5.16. The fraction of sp³-hybridized carbons (Fsp3) is 0.200. The fourth-order valence-corrected chi connectivity index (χ4v) is 2.97. The van der Waals surface area contributed by atoms with Crippen LogP contribution in [0.15, 0.2) is 36.4 Å². The molecule has 0 radical (unpaired) electrons.